The fourth-order valence-electron chi connectivity index (χ4n) is 1.73. The van der Waals surface area contributed by atoms with Crippen molar-refractivity contribution in [2.75, 3.05) is 32.7 Å². The molecule has 2 nitrogen and oxygen atoms in total. The van der Waals surface area contributed by atoms with E-state index in [-0.39, 0.29) is 0 Å². The SMILES string of the molecule is CCCCN(CCCC)CCCC.CCNCC. The fraction of sp³-hybridized carbons (Fsp3) is 1.00. The number of nitrogens with one attached hydrogen (secondary N) is 1. The van der Waals surface area contributed by atoms with Crippen LogP contribution in [0.25, 0.3) is 0 Å². The number of nitrogens with zero attached hydrogens (tertiary/aromatic N) is 1. The van der Waals surface area contributed by atoms with E-state index in [9.17, 15) is 0 Å². The third-order valence-corrected chi connectivity index (χ3v) is 2.98. The largest absolute Gasteiger partial charge is 0.317 e. The Labute approximate surface area is 117 Å². The Bertz CT molecular complexity index is 105. The van der Waals surface area contributed by atoms with Crippen LogP contribution < -0.4 is 5.32 Å². The first-order valence-electron chi connectivity index (χ1n) is 8.19. The summed E-state index contributed by atoms with van der Waals surface area (Å²) in [5.41, 5.74) is 0. The van der Waals surface area contributed by atoms with Gasteiger partial charge in [-0.25, -0.2) is 0 Å². The van der Waals surface area contributed by atoms with Crippen LogP contribution in [0.2, 0.25) is 0 Å². The van der Waals surface area contributed by atoms with Crippen molar-refractivity contribution >= 4 is 0 Å². The van der Waals surface area contributed by atoms with E-state index in [4.69, 9.17) is 0 Å². The molecular weight excluding hydrogens is 220 g/mol. The molecule has 0 aliphatic heterocycles. The van der Waals surface area contributed by atoms with Crippen molar-refractivity contribution in [3.63, 3.8) is 0 Å². The quantitative estimate of drug-likeness (QED) is 0.594. The van der Waals surface area contributed by atoms with E-state index in [0.29, 0.717) is 0 Å². The van der Waals surface area contributed by atoms with Crippen molar-refractivity contribution in [1.29, 1.82) is 0 Å². The average molecular weight is 258 g/mol. The lowest BCUT2D eigenvalue weighted by molar-refractivity contribution is 0.261. The number of hydrogen-bond donors (Lipinski definition) is 1. The lowest BCUT2D eigenvalue weighted by Crippen LogP contribution is -2.27. The van der Waals surface area contributed by atoms with Gasteiger partial charge >= 0.3 is 0 Å². The zero-order valence-electron chi connectivity index (χ0n) is 13.7. The predicted octanol–water partition coefficient (Wildman–Crippen LogP) is 4.30. The average Bonchev–Trinajstić information content (AvgIpc) is 2.39. The first-order valence-corrected chi connectivity index (χ1v) is 8.19. The highest BCUT2D eigenvalue weighted by atomic mass is 15.1. The van der Waals surface area contributed by atoms with Crippen molar-refractivity contribution in [2.24, 2.45) is 0 Å². The molecule has 0 saturated carbocycles. The molecule has 0 aliphatic carbocycles. The van der Waals surface area contributed by atoms with Gasteiger partial charge in [0.15, 0.2) is 0 Å². The lowest BCUT2D eigenvalue weighted by Gasteiger charge is -2.21. The first kappa shape index (κ1) is 20.2. The van der Waals surface area contributed by atoms with Crippen LogP contribution in [0, 0.1) is 0 Å². The van der Waals surface area contributed by atoms with Gasteiger partial charge in [-0.05, 0) is 52.0 Å². The summed E-state index contributed by atoms with van der Waals surface area (Å²) in [5, 5.41) is 3.11. The summed E-state index contributed by atoms with van der Waals surface area (Å²) in [6, 6.07) is 0. The Morgan fingerprint density at radius 1 is 0.611 bits per heavy atom. The molecule has 0 rings (SSSR count). The normalized spacial score (nSPS) is 10.3. The smallest absolute Gasteiger partial charge is 0.00188 e. The van der Waals surface area contributed by atoms with Crippen molar-refractivity contribution in [1.82, 2.24) is 10.2 Å². The summed E-state index contributed by atoms with van der Waals surface area (Å²) in [5.74, 6) is 0. The number of rotatable bonds is 11. The maximum atomic E-state index is 3.11. The van der Waals surface area contributed by atoms with E-state index in [0.717, 1.165) is 13.1 Å². The van der Waals surface area contributed by atoms with Crippen molar-refractivity contribution in [3.05, 3.63) is 0 Å². The third-order valence-electron chi connectivity index (χ3n) is 2.98. The Morgan fingerprint density at radius 2 is 0.944 bits per heavy atom. The second-order valence-electron chi connectivity index (χ2n) is 4.86. The minimum Gasteiger partial charge on any atom is -0.317 e. The first-order chi connectivity index (χ1) is 8.76. The maximum absolute atomic E-state index is 3.11. The van der Waals surface area contributed by atoms with E-state index < -0.39 is 0 Å². The molecule has 0 atom stereocenters. The monoisotopic (exact) mass is 258 g/mol. The van der Waals surface area contributed by atoms with Crippen LogP contribution in [0.15, 0.2) is 0 Å². The molecule has 0 fully saturated rings. The van der Waals surface area contributed by atoms with Gasteiger partial charge in [0, 0.05) is 0 Å². The molecule has 0 amide bonds. The van der Waals surface area contributed by atoms with Gasteiger partial charge in [0.05, 0.1) is 0 Å². The molecule has 0 radical (unpaired) electrons. The highest BCUT2D eigenvalue weighted by molar-refractivity contribution is 4.57. The zero-order valence-corrected chi connectivity index (χ0v) is 13.7. The highest BCUT2D eigenvalue weighted by Crippen LogP contribution is 2.01. The van der Waals surface area contributed by atoms with Crippen LogP contribution in [0.3, 0.4) is 0 Å². The molecule has 0 aromatic rings. The molecule has 18 heavy (non-hydrogen) atoms. The summed E-state index contributed by atoms with van der Waals surface area (Å²) in [7, 11) is 0. The standard InChI is InChI=1S/C12H27N.C4H11N/c1-4-7-10-13(11-8-5-2)12-9-6-3;1-3-5-4-2/h4-12H2,1-3H3;5H,3-4H2,1-2H3. The van der Waals surface area contributed by atoms with Crippen molar-refractivity contribution in [3.8, 4) is 0 Å². The summed E-state index contributed by atoms with van der Waals surface area (Å²) < 4.78 is 0. The molecule has 0 aromatic heterocycles. The van der Waals surface area contributed by atoms with Crippen LogP contribution in [0.1, 0.15) is 73.1 Å². The molecule has 0 unspecified atom stereocenters. The van der Waals surface area contributed by atoms with Crippen molar-refractivity contribution < 1.29 is 0 Å². The van der Waals surface area contributed by atoms with Gasteiger partial charge in [-0.3, -0.25) is 0 Å². The zero-order chi connectivity index (χ0) is 14.1. The van der Waals surface area contributed by atoms with Crippen LogP contribution in [0.5, 0.6) is 0 Å². The molecule has 0 aromatic carbocycles. The molecule has 0 aliphatic rings. The van der Waals surface area contributed by atoms with Gasteiger partial charge in [-0.1, -0.05) is 53.9 Å². The van der Waals surface area contributed by atoms with Gasteiger partial charge in [0.2, 0.25) is 0 Å². The van der Waals surface area contributed by atoms with Crippen LogP contribution in [-0.2, 0) is 0 Å². The van der Waals surface area contributed by atoms with Gasteiger partial charge < -0.3 is 10.2 Å². The minimum atomic E-state index is 1.09. The van der Waals surface area contributed by atoms with Crippen LogP contribution >= 0.6 is 0 Å². The third kappa shape index (κ3) is 18.3. The number of hydrogen-bond acceptors (Lipinski definition) is 2. The van der Waals surface area contributed by atoms with Gasteiger partial charge in [0.1, 0.15) is 0 Å². The Hall–Kier alpha value is -0.0800. The summed E-state index contributed by atoms with van der Waals surface area (Å²) in [4.78, 5) is 2.64. The molecular formula is C16H38N2. The predicted molar refractivity (Wildman–Crippen MR) is 85.4 cm³/mol. The van der Waals surface area contributed by atoms with E-state index in [1.807, 2.05) is 0 Å². The summed E-state index contributed by atoms with van der Waals surface area (Å²) in [6.45, 7) is 17.2. The highest BCUT2D eigenvalue weighted by Gasteiger charge is 2.01. The van der Waals surface area contributed by atoms with Gasteiger partial charge in [-0.2, -0.15) is 0 Å². The van der Waals surface area contributed by atoms with Crippen LogP contribution in [-0.4, -0.2) is 37.6 Å². The molecule has 0 spiro atoms. The Kier molecular flexibility index (Phi) is 21.7. The minimum absolute atomic E-state index is 1.09. The van der Waals surface area contributed by atoms with Gasteiger partial charge in [0.25, 0.3) is 0 Å². The number of unbranched alkanes of at least 4 members (excludes halogenated alkanes) is 3. The van der Waals surface area contributed by atoms with Crippen LogP contribution in [0.4, 0.5) is 0 Å². The van der Waals surface area contributed by atoms with Crippen molar-refractivity contribution in [2.45, 2.75) is 73.1 Å². The second-order valence-corrected chi connectivity index (χ2v) is 4.86. The molecule has 0 bridgehead atoms. The lowest BCUT2D eigenvalue weighted by atomic mass is 10.2. The second kappa shape index (κ2) is 19.3. The topological polar surface area (TPSA) is 15.3 Å². The van der Waals surface area contributed by atoms with Gasteiger partial charge in [-0.15, -0.1) is 0 Å². The summed E-state index contributed by atoms with van der Waals surface area (Å²) in [6.07, 6.45) is 8.09. The fourth-order valence-corrected chi connectivity index (χ4v) is 1.73. The molecule has 2 heteroatoms. The van der Waals surface area contributed by atoms with E-state index >= 15 is 0 Å². The molecule has 0 heterocycles. The Morgan fingerprint density at radius 3 is 1.11 bits per heavy atom. The Balaban J connectivity index is 0. The van der Waals surface area contributed by atoms with E-state index in [1.165, 1.54) is 58.2 Å². The molecule has 0 saturated heterocycles. The van der Waals surface area contributed by atoms with E-state index in [2.05, 4.69) is 44.8 Å². The van der Waals surface area contributed by atoms with E-state index in [1.54, 1.807) is 0 Å². The summed E-state index contributed by atoms with van der Waals surface area (Å²) >= 11 is 0. The molecule has 1 N–H and O–H groups in total. The maximum Gasteiger partial charge on any atom is -0.00188 e. The molecule has 112 valence electrons.